The van der Waals surface area contributed by atoms with E-state index in [0.29, 0.717) is 37.5 Å². The average molecular weight is 399 g/mol. The molecule has 0 radical (unpaired) electrons. The van der Waals surface area contributed by atoms with Gasteiger partial charge in [-0.25, -0.2) is 4.39 Å². The largest absolute Gasteiger partial charge is 0.497 e. The van der Waals surface area contributed by atoms with Gasteiger partial charge in [-0.1, -0.05) is 18.2 Å². The van der Waals surface area contributed by atoms with E-state index < -0.39 is 11.7 Å². The molecule has 1 N–H and O–H groups in total. The molecule has 0 aromatic heterocycles. The number of carbonyl (C=O) groups excluding carboxylic acids is 3. The van der Waals surface area contributed by atoms with Crippen LogP contribution < -0.4 is 10.1 Å². The van der Waals surface area contributed by atoms with Gasteiger partial charge in [0.1, 0.15) is 11.6 Å². The van der Waals surface area contributed by atoms with Gasteiger partial charge in [-0.05, 0) is 30.3 Å². The number of benzene rings is 2. The summed E-state index contributed by atoms with van der Waals surface area (Å²) in [5.74, 6) is -1.06. The molecule has 2 aromatic rings. The summed E-state index contributed by atoms with van der Waals surface area (Å²) in [4.78, 5) is 40.2. The van der Waals surface area contributed by atoms with Gasteiger partial charge in [-0.15, -0.1) is 0 Å². The molecule has 1 saturated heterocycles. The molecule has 1 aliphatic heterocycles. The van der Waals surface area contributed by atoms with E-state index in [2.05, 4.69) is 5.32 Å². The lowest BCUT2D eigenvalue weighted by Crippen LogP contribution is -2.52. The topological polar surface area (TPSA) is 79.0 Å². The molecule has 3 amide bonds. The van der Waals surface area contributed by atoms with E-state index in [1.54, 1.807) is 47.2 Å². The first-order valence-corrected chi connectivity index (χ1v) is 9.23. The van der Waals surface area contributed by atoms with Crippen molar-refractivity contribution >= 4 is 17.7 Å². The third-order valence-electron chi connectivity index (χ3n) is 4.75. The number of ether oxygens (including phenoxy) is 1. The zero-order valence-corrected chi connectivity index (χ0v) is 16.1. The minimum Gasteiger partial charge on any atom is -0.497 e. The highest BCUT2D eigenvalue weighted by Gasteiger charge is 2.25. The molecule has 0 bridgehead atoms. The molecule has 1 fully saturated rings. The molecule has 2 aromatic carbocycles. The van der Waals surface area contributed by atoms with Crippen molar-refractivity contribution in [1.29, 1.82) is 0 Å². The van der Waals surface area contributed by atoms with Gasteiger partial charge < -0.3 is 19.9 Å². The Labute approximate surface area is 168 Å². The quantitative estimate of drug-likeness (QED) is 0.828. The monoisotopic (exact) mass is 399 g/mol. The lowest BCUT2D eigenvalue weighted by atomic mass is 10.1. The van der Waals surface area contributed by atoms with E-state index in [-0.39, 0.29) is 23.9 Å². The number of piperazine rings is 1. The van der Waals surface area contributed by atoms with Crippen molar-refractivity contribution in [2.75, 3.05) is 39.8 Å². The van der Waals surface area contributed by atoms with Gasteiger partial charge in [-0.2, -0.15) is 0 Å². The average Bonchev–Trinajstić information content (AvgIpc) is 2.77. The summed E-state index contributed by atoms with van der Waals surface area (Å²) in [6.45, 7) is 1.29. The third-order valence-corrected chi connectivity index (χ3v) is 4.75. The van der Waals surface area contributed by atoms with Gasteiger partial charge >= 0.3 is 0 Å². The summed E-state index contributed by atoms with van der Waals surface area (Å²) in [7, 11) is 1.54. The molecule has 1 heterocycles. The third kappa shape index (κ3) is 4.90. The normalized spacial score (nSPS) is 13.7. The van der Waals surface area contributed by atoms with Crippen molar-refractivity contribution in [3.63, 3.8) is 0 Å². The lowest BCUT2D eigenvalue weighted by molar-refractivity contribution is -0.131. The summed E-state index contributed by atoms with van der Waals surface area (Å²) < 4.78 is 18.8. The number of hydrogen-bond acceptors (Lipinski definition) is 4. The fourth-order valence-corrected chi connectivity index (χ4v) is 3.11. The Kier molecular flexibility index (Phi) is 6.43. The number of hydrogen-bond donors (Lipinski definition) is 1. The second kappa shape index (κ2) is 9.18. The second-order valence-electron chi connectivity index (χ2n) is 6.57. The van der Waals surface area contributed by atoms with Crippen LogP contribution in [0.1, 0.15) is 20.7 Å². The highest BCUT2D eigenvalue weighted by molar-refractivity contribution is 5.97. The SMILES string of the molecule is COc1cccc(C(=O)N2CCN(C(=O)CNC(=O)c3ccccc3F)CC2)c1. The van der Waals surface area contributed by atoms with Crippen LogP contribution in [0.3, 0.4) is 0 Å². The molecule has 152 valence electrons. The van der Waals surface area contributed by atoms with Gasteiger partial charge in [-0.3, -0.25) is 14.4 Å². The summed E-state index contributed by atoms with van der Waals surface area (Å²) in [5, 5.41) is 2.44. The van der Waals surface area contributed by atoms with Crippen molar-refractivity contribution in [1.82, 2.24) is 15.1 Å². The maximum atomic E-state index is 13.6. The number of halogens is 1. The minimum absolute atomic E-state index is 0.103. The first-order valence-electron chi connectivity index (χ1n) is 9.23. The zero-order valence-electron chi connectivity index (χ0n) is 16.1. The van der Waals surface area contributed by atoms with Crippen LogP contribution in [-0.2, 0) is 4.79 Å². The van der Waals surface area contributed by atoms with Crippen LogP contribution in [-0.4, -0.2) is 67.4 Å². The Morgan fingerprint density at radius 1 is 1.00 bits per heavy atom. The van der Waals surface area contributed by atoms with Gasteiger partial charge in [0, 0.05) is 31.7 Å². The molecule has 0 spiro atoms. The maximum absolute atomic E-state index is 13.6. The Balaban J connectivity index is 1.49. The zero-order chi connectivity index (χ0) is 20.8. The van der Waals surface area contributed by atoms with E-state index >= 15 is 0 Å². The fourth-order valence-electron chi connectivity index (χ4n) is 3.11. The first kappa shape index (κ1) is 20.3. The van der Waals surface area contributed by atoms with E-state index in [0.717, 1.165) is 0 Å². The summed E-state index contributed by atoms with van der Waals surface area (Å²) >= 11 is 0. The van der Waals surface area contributed by atoms with Crippen LogP contribution in [0.4, 0.5) is 4.39 Å². The predicted molar refractivity (Wildman–Crippen MR) is 104 cm³/mol. The first-order chi connectivity index (χ1) is 14.0. The lowest BCUT2D eigenvalue weighted by Gasteiger charge is -2.35. The molecule has 0 aliphatic carbocycles. The Morgan fingerprint density at radius 2 is 1.69 bits per heavy atom. The Bertz CT molecular complexity index is 910. The van der Waals surface area contributed by atoms with Crippen molar-refractivity contribution in [3.05, 3.63) is 65.5 Å². The smallest absolute Gasteiger partial charge is 0.254 e. The van der Waals surface area contributed by atoms with Crippen LogP contribution in [0.5, 0.6) is 5.75 Å². The molecule has 0 saturated carbocycles. The van der Waals surface area contributed by atoms with Crippen molar-refractivity contribution in [2.24, 2.45) is 0 Å². The standard InChI is InChI=1S/C21H22FN3O4/c1-29-16-6-4-5-15(13-16)21(28)25-11-9-24(10-12-25)19(26)14-23-20(27)17-7-2-3-8-18(17)22/h2-8,13H,9-12,14H2,1H3,(H,23,27). The van der Waals surface area contributed by atoms with E-state index in [1.165, 1.54) is 18.2 Å². The number of amides is 3. The van der Waals surface area contributed by atoms with Crippen LogP contribution in [0.25, 0.3) is 0 Å². The highest BCUT2D eigenvalue weighted by Crippen LogP contribution is 2.15. The molecule has 8 heteroatoms. The molecule has 3 rings (SSSR count). The molecule has 0 atom stereocenters. The van der Waals surface area contributed by atoms with Crippen LogP contribution >= 0.6 is 0 Å². The molecule has 7 nitrogen and oxygen atoms in total. The Morgan fingerprint density at radius 3 is 2.38 bits per heavy atom. The van der Waals surface area contributed by atoms with Gasteiger partial charge in [0.05, 0.1) is 19.2 Å². The van der Waals surface area contributed by atoms with E-state index in [9.17, 15) is 18.8 Å². The van der Waals surface area contributed by atoms with Gasteiger partial charge in [0.25, 0.3) is 11.8 Å². The predicted octanol–water partition coefficient (Wildman–Crippen LogP) is 1.55. The molecule has 0 unspecified atom stereocenters. The van der Waals surface area contributed by atoms with E-state index in [4.69, 9.17) is 4.74 Å². The highest BCUT2D eigenvalue weighted by atomic mass is 19.1. The number of carbonyl (C=O) groups is 3. The summed E-state index contributed by atoms with van der Waals surface area (Å²) in [6, 6.07) is 12.5. The maximum Gasteiger partial charge on any atom is 0.254 e. The number of methoxy groups -OCH3 is 1. The van der Waals surface area contributed by atoms with Crippen LogP contribution in [0.15, 0.2) is 48.5 Å². The van der Waals surface area contributed by atoms with Gasteiger partial charge in [0.2, 0.25) is 5.91 Å². The summed E-state index contributed by atoms with van der Waals surface area (Å²) in [5.41, 5.74) is 0.426. The summed E-state index contributed by atoms with van der Waals surface area (Å²) in [6.07, 6.45) is 0. The molecule has 29 heavy (non-hydrogen) atoms. The molecular formula is C21H22FN3O4. The van der Waals surface area contributed by atoms with Gasteiger partial charge in [0.15, 0.2) is 0 Å². The number of rotatable bonds is 5. The second-order valence-corrected chi connectivity index (χ2v) is 6.57. The van der Waals surface area contributed by atoms with Crippen LogP contribution in [0.2, 0.25) is 0 Å². The van der Waals surface area contributed by atoms with E-state index in [1.807, 2.05) is 0 Å². The van der Waals surface area contributed by atoms with Crippen molar-refractivity contribution < 1.29 is 23.5 Å². The Hall–Kier alpha value is -3.42. The van der Waals surface area contributed by atoms with Crippen molar-refractivity contribution in [2.45, 2.75) is 0 Å². The van der Waals surface area contributed by atoms with Crippen LogP contribution in [0, 0.1) is 5.82 Å². The van der Waals surface area contributed by atoms with Crippen molar-refractivity contribution in [3.8, 4) is 5.75 Å². The minimum atomic E-state index is -0.637. The molecular weight excluding hydrogens is 377 g/mol. The number of nitrogens with one attached hydrogen (secondary N) is 1. The number of nitrogens with zero attached hydrogens (tertiary/aromatic N) is 2. The fraction of sp³-hybridized carbons (Fsp3) is 0.286. The molecule has 1 aliphatic rings.